The third-order valence-electron chi connectivity index (χ3n) is 1.71. The second kappa shape index (κ2) is 3.63. The molecule has 0 saturated carbocycles. The van der Waals surface area contributed by atoms with E-state index in [1.165, 1.54) is 6.33 Å². The van der Waals surface area contributed by atoms with Crippen molar-refractivity contribution in [3.8, 4) is 0 Å². The van der Waals surface area contributed by atoms with Gasteiger partial charge in [-0.3, -0.25) is 5.41 Å². The second-order valence-electron chi connectivity index (χ2n) is 2.66. The van der Waals surface area contributed by atoms with E-state index in [0.717, 1.165) is 27.7 Å². The topological polar surface area (TPSA) is 75.7 Å². The molecular weight excluding hydrogens is 196 g/mol. The lowest BCUT2D eigenvalue weighted by molar-refractivity contribution is 1.10. The zero-order chi connectivity index (χ0) is 9.97. The molecule has 1 aromatic heterocycles. The molecule has 0 amide bonds. The standard InChI is InChI=1S/C9H8N4S/c10-9(11)14-8-6-3-1-2-4-7(6)12-5-13-8/h1-5H,(H3,10,11). The summed E-state index contributed by atoms with van der Waals surface area (Å²) in [5.41, 5.74) is 6.17. The lowest BCUT2D eigenvalue weighted by atomic mass is 10.2. The second-order valence-corrected chi connectivity index (χ2v) is 3.69. The number of rotatable bonds is 1. The van der Waals surface area contributed by atoms with Crippen LogP contribution in [0, 0.1) is 5.41 Å². The van der Waals surface area contributed by atoms with E-state index in [1.807, 2.05) is 24.3 Å². The van der Waals surface area contributed by atoms with Crippen molar-refractivity contribution >= 4 is 27.8 Å². The summed E-state index contributed by atoms with van der Waals surface area (Å²) < 4.78 is 0. The van der Waals surface area contributed by atoms with Crippen molar-refractivity contribution in [3.05, 3.63) is 30.6 Å². The first-order valence-electron chi connectivity index (χ1n) is 3.99. The third-order valence-corrected chi connectivity index (χ3v) is 2.45. The van der Waals surface area contributed by atoms with Crippen molar-refractivity contribution in [2.24, 2.45) is 5.73 Å². The van der Waals surface area contributed by atoms with Gasteiger partial charge in [0.25, 0.3) is 0 Å². The van der Waals surface area contributed by atoms with E-state index in [4.69, 9.17) is 11.1 Å². The van der Waals surface area contributed by atoms with Crippen LogP contribution in [0.3, 0.4) is 0 Å². The fourth-order valence-corrected chi connectivity index (χ4v) is 1.76. The SMILES string of the molecule is N=C(N)Sc1ncnc2ccccc12. The molecular formula is C9H8N4S. The lowest BCUT2D eigenvalue weighted by Crippen LogP contribution is -2.04. The van der Waals surface area contributed by atoms with E-state index in [1.54, 1.807) is 0 Å². The molecule has 5 heteroatoms. The van der Waals surface area contributed by atoms with Crippen LogP contribution in [0.5, 0.6) is 0 Å². The largest absolute Gasteiger partial charge is 0.378 e. The minimum absolute atomic E-state index is 0.0360. The Kier molecular flexibility index (Phi) is 2.32. The number of amidine groups is 1. The van der Waals surface area contributed by atoms with E-state index in [2.05, 4.69) is 9.97 Å². The van der Waals surface area contributed by atoms with Gasteiger partial charge < -0.3 is 5.73 Å². The predicted octanol–water partition coefficient (Wildman–Crippen LogP) is 1.62. The highest BCUT2D eigenvalue weighted by atomic mass is 32.2. The molecule has 0 aliphatic rings. The Bertz CT molecular complexity index is 478. The number of nitrogens with one attached hydrogen (secondary N) is 1. The average Bonchev–Trinajstić information content (AvgIpc) is 2.18. The van der Waals surface area contributed by atoms with Gasteiger partial charge in [0.15, 0.2) is 5.17 Å². The van der Waals surface area contributed by atoms with Crippen LogP contribution in [0.4, 0.5) is 0 Å². The van der Waals surface area contributed by atoms with Crippen molar-refractivity contribution in [1.82, 2.24) is 9.97 Å². The maximum absolute atomic E-state index is 7.19. The molecule has 0 bridgehead atoms. The molecule has 0 unspecified atom stereocenters. The van der Waals surface area contributed by atoms with Crippen molar-refractivity contribution < 1.29 is 0 Å². The number of nitrogens with two attached hydrogens (primary N) is 1. The summed E-state index contributed by atoms with van der Waals surface area (Å²) in [5.74, 6) is 0. The summed E-state index contributed by atoms with van der Waals surface area (Å²) in [6, 6.07) is 7.65. The number of para-hydroxylation sites is 1. The predicted molar refractivity (Wildman–Crippen MR) is 57.3 cm³/mol. The number of hydrogen-bond acceptors (Lipinski definition) is 4. The molecule has 1 aromatic carbocycles. The molecule has 0 atom stereocenters. The minimum Gasteiger partial charge on any atom is -0.378 e. The van der Waals surface area contributed by atoms with Crippen LogP contribution in [0.2, 0.25) is 0 Å². The van der Waals surface area contributed by atoms with E-state index < -0.39 is 0 Å². The first-order chi connectivity index (χ1) is 6.77. The van der Waals surface area contributed by atoms with Crippen LogP contribution in [0.25, 0.3) is 10.9 Å². The Morgan fingerprint density at radius 1 is 1.29 bits per heavy atom. The highest BCUT2D eigenvalue weighted by Crippen LogP contribution is 2.23. The molecule has 0 radical (unpaired) electrons. The Labute approximate surface area is 85.1 Å². The number of hydrogen-bond donors (Lipinski definition) is 2. The Morgan fingerprint density at radius 2 is 2.07 bits per heavy atom. The summed E-state index contributed by atoms with van der Waals surface area (Å²) in [6.45, 7) is 0. The smallest absolute Gasteiger partial charge is 0.157 e. The monoisotopic (exact) mass is 204 g/mol. The van der Waals surface area contributed by atoms with Gasteiger partial charge in [0.1, 0.15) is 11.4 Å². The third kappa shape index (κ3) is 1.67. The van der Waals surface area contributed by atoms with Crippen LogP contribution in [0.15, 0.2) is 35.6 Å². The van der Waals surface area contributed by atoms with Gasteiger partial charge in [0, 0.05) is 5.39 Å². The summed E-state index contributed by atoms with van der Waals surface area (Å²) in [7, 11) is 0. The molecule has 70 valence electrons. The number of aromatic nitrogens is 2. The maximum Gasteiger partial charge on any atom is 0.157 e. The fraction of sp³-hybridized carbons (Fsp3) is 0. The summed E-state index contributed by atoms with van der Waals surface area (Å²) in [5, 5.41) is 8.87. The number of fused-ring (bicyclic) bond motifs is 1. The first-order valence-corrected chi connectivity index (χ1v) is 4.80. The highest BCUT2D eigenvalue weighted by molar-refractivity contribution is 8.13. The van der Waals surface area contributed by atoms with Gasteiger partial charge in [0.05, 0.1) is 5.52 Å². The van der Waals surface area contributed by atoms with Crippen LogP contribution < -0.4 is 5.73 Å². The zero-order valence-electron chi connectivity index (χ0n) is 7.27. The van der Waals surface area contributed by atoms with Crippen molar-refractivity contribution in [2.75, 3.05) is 0 Å². The van der Waals surface area contributed by atoms with Crippen molar-refractivity contribution in [1.29, 1.82) is 5.41 Å². The molecule has 0 fully saturated rings. The first kappa shape index (κ1) is 8.96. The molecule has 0 aliphatic heterocycles. The number of benzene rings is 1. The van der Waals surface area contributed by atoms with E-state index >= 15 is 0 Å². The fourth-order valence-electron chi connectivity index (χ4n) is 1.17. The Morgan fingerprint density at radius 3 is 2.86 bits per heavy atom. The van der Waals surface area contributed by atoms with E-state index in [9.17, 15) is 0 Å². The van der Waals surface area contributed by atoms with Crippen LogP contribution in [-0.4, -0.2) is 15.1 Å². The molecule has 14 heavy (non-hydrogen) atoms. The van der Waals surface area contributed by atoms with Gasteiger partial charge >= 0.3 is 0 Å². The van der Waals surface area contributed by atoms with Crippen molar-refractivity contribution in [2.45, 2.75) is 5.03 Å². The molecule has 1 heterocycles. The van der Waals surface area contributed by atoms with Gasteiger partial charge in [-0.15, -0.1) is 0 Å². The zero-order valence-corrected chi connectivity index (χ0v) is 8.08. The molecule has 4 nitrogen and oxygen atoms in total. The molecule has 3 N–H and O–H groups in total. The lowest BCUT2D eigenvalue weighted by Gasteiger charge is -2.01. The van der Waals surface area contributed by atoms with Gasteiger partial charge in [-0.2, -0.15) is 0 Å². The van der Waals surface area contributed by atoms with E-state index in [-0.39, 0.29) is 5.17 Å². The van der Waals surface area contributed by atoms with Gasteiger partial charge in [-0.05, 0) is 17.8 Å². The van der Waals surface area contributed by atoms with E-state index in [0.29, 0.717) is 0 Å². The minimum atomic E-state index is 0.0360. The summed E-state index contributed by atoms with van der Waals surface area (Å²) in [4.78, 5) is 8.19. The van der Waals surface area contributed by atoms with Crippen LogP contribution >= 0.6 is 11.8 Å². The highest BCUT2D eigenvalue weighted by Gasteiger charge is 2.04. The van der Waals surface area contributed by atoms with Gasteiger partial charge in [-0.25, -0.2) is 9.97 Å². The Balaban J connectivity index is 2.59. The summed E-state index contributed by atoms with van der Waals surface area (Å²) >= 11 is 1.14. The normalized spacial score (nSPS) is 10.3. The number of thioether (sulfide) groups is 1. The van der Waals surface area contributed by atoms with Crippen molar-refractivity contribution in [3.63, 3.8) is 0 Å². The quantitative estimate of drug-likeness (QED) is 0.320. The average molecular weight is 204 g/mol. The van der Waals surface area contributed by atoms with Gasteiger partial charge in [-0.1, -0.05) is 18.2 Å². The molecule has 0 saturated heterocycles. The molecule has 0 spiro atoms. The molecule has 0 aliphatic carbocycles. The van der Waals surface area contributed by atoms with Crippen LogP contribution in [-0.2, 0) is 0 Å². The summed E-state index contributed by atoms with van der Waals surface area (Å²) in [6.07, 6.45) is 1.48. The molecule has 2 aromatic rings. The Hall–Kier alpha value is -1.62. The van der Waals surface area contributed by atoms with Crippen LogP contribution in [0.1, 0.15) is 0 Å². The molecule has 2 rings (SSSR count). The maximum atomic E-state index is 7.19. The van der Waals surface area contributed by atoms with Gasteiger partial charge in [0.2, 0.25) is 0 Å². The number of nitrogens with zero attached hydrogens (tertiary/aromatic N) is 2.